The lowest BCUT2D eigenvalue weighted by Crippen LogP contribution is -2.39. The first-order valence-electron chi connectivity index (χ1n) is 11.1. The second kappa shape index (κ2) is 9.98. The van der Waals surface area contributed by atoms with E-state index in [1.165, 1.54) is 18.2 Å². The largest absolute Gasteiger partial charge is 0.452 e. The summed E-state index contributed by atoms with van der Waals surface area (Å²) in [6, 6.07) is 11.4. The molecule has 0 saturated heterocycles. The van der Waals surface area contributed by atoms with E-state index in [9.17, 15) is 19.2 Å². The summed E-state index contributed by atoms with van der Waals surface area (Å²) in [6.07, 6.45) is 0. The summed E-state index contributed by atoms with van der Waals surface area (Å²) in [4.78, 5) is 53.9. The predicted octanol–water partition coefficient (Wildman–Crippen LogP) is 4.09. The van der Waals surface area contributed by atoms with E-state index >= 15 is 0 Å². The van der Waals surface area contributed by atoms with Gasteiger partial charge in [-0.25, -0.2) is 9.69 Å². The maximum atomic E-state index is 13.0. The second-order valence-corrected chi connectivity index (χ2v) is 9.16. The fraction of sp³-hybridized carbons (Fsp3) is 0.385. The van der Waals surface area contributed by atoms with Crippen molar-refractivity contribution < 1.29 is 23.9 Å². The Morgan fingerprint density at radius 2 is 1.52 bits per heavy atom. The molecular weight excluding hydrogens is 420 g/mol. The summed E-state index contributed by atoms with van der Waals surface area (Å²) in [5.74, 6) is -1.31. The lowest BCUT2D eigenvalue weighted by Gasteiger charge is -2.26. The van der Waals surface area contributed by atoms with Gasteiger partial charge in [0, 0.05) is 13.1 Å². The van der Waals surface area contributed by atoms with Crippen LogP contribution in [0.1, 0.15) is 64.3 Å². The first kappa shape index (κ1) is 24.2. The van der Waals surface area contributed by atoms with Crippen molar-refractivity contribution in [3.8, 4) is 0 Å². The molecule has 1 aliphatic rings. The van der Waals surface area contributed by atoms with Crippen LogP contribution in [0.2, 0.25) is 0 Å². The van der Waals surface area contributed by atoms with Gasteiger partial charge in [0.15, 0.2) is 6.61 Å². The summed E-state index contributed by atoms with van der Waals surface area (Å²) in [7, 11) is 0. The molecule has 2 aromatic carbocycles. The van der Waals surface area contributed by atoms with Gasteiger partial charge in [-0.2, -0.15) is 0 Å². The van der Waals surface area contributed by atoms with Gasteiger partial charge in [0.25, 0.3) is 17.7 Å². The van der Waals surface area contributed by atoms with Crippen LogP contribution in [-0.2, 0) is 9.53 Å². The van der Waals surface area contributed by atoms with Gasteiger partial charge in [0.1, 0.15) is 0 Å². The molecule has 1 heterocycles. The maximum Gasteiger partial charge on any atom is 0.338 e. The van der Waals surface area contributed by atoms with Crippen LogP contribution in [0.15, 0.2) is 42.5 Å². The minimum absolute atomic E-state index is 0.119. The maximum absolute atomic E-state index is 13.0. The van der Waals surface area contributed by atoms with Crippen molar-refractivity contribution in [3.63, 3.8) is 0 Å². The first-order chi connectivity index (χ1) is 15.6. The highest BCUT2D eigenvalue weighted by Crippen LogP contribution is 2.31. The normalized spacial score (nSPS) is 13.0. The van der Waals surface area contributed by atoms with Gasteiger partial charge in [-0.05, 0) is 48.6 Å². The number of imide groups is 1. The highest BCUT2D eigenvalue weighted by Gasteiger charge is 2.37. The molecule has 7 nitrogen and oxygen atoms in total. The van der Waals surface area contributed by atoms with Crippen LogP contribution in [0.25, 0.3) is 0 Å². The van der Waals surface area contributed by atoms with Crippen LogP contribution < -0.4 is 4.90 Å². The van der Waals surface area contributed by atoms with E-state index in [2.05, 4.69) is 0 Å². The second-order valence-electron chi connectivity index (χ2n) is 9.16. The van der Waals surface area contributed by atoms with Crippen molar-refractivity contribution in [1.29, 1.82) is 0 Å². The van der Waals surface area contributed by atoms with Crippen LogP contribution in [0.3, 0.4) is 0 Å². The Morgan fingerprint density at radius 1 is 0.909 bits per heavy atom. The van der Waals surface area contributed by atoms with Gasteiger partial charge in [-0.15, -0.1) is 0 Å². The number of carbonyl (C=O) groups is 4. The third-order valence-electron chi connectivity index (χ3n) is 5.33. The van der Waals surface area contributed by atoms with Gasteiger partial charge in [0.2, 0.25) is 0 Å². The predicted molar refractivity (Wildman–Crippen MR) is 125 cm³/mol. The van der Waals surface area contributed by atoms with Crippen molar-refractivity contribution in [2.24, 2.45) is 11.8 Å². The number of hydrogen-bond acceptors (Lipinski definition) is 5. The van der Waals surface area contributed by atoms with Crippen LogP contribution in [0, 0.1) is 18.8 Å². The van der Waals surface area contributed by atoms with E-state index in [0.717, 1.165) is 10.5 Å². The van der Waals surface area contributed by atoms with Crippen LogP contribution in [-0.4, -0.2) is 48.3 Å². The Hall–Kier alpha value is -3.48. The van der Waals surface area contributed by atoms with E-state index < -0.39 is 17.8 Å². The van der Waals surface area contributed by atoms with Crippen LogP contribution in [0.5, 0.6) is 0 Å². The zero-order chi connectivity index (χ0) is 24.3. The molecule has 0 unspecified atom stereocenters. The molecule has 0 aromatic heterocycles. The number of rotatable bonds is 8. The number of amides is 3. The van der Waals surface area contributed by atoms with Gasteiger partial charge >= 0.3 is 5.97 Å². The van der Waals surface area contributed by atoms with Crippen molar-refractivity contribution in [2.45, 2.75) is 34.6 Å². The average molecular weight is 451 g/mol. The summed E-state index contributed by atoms with van der Waals surface area (Å²) >= 11 is 0. The number of benzene rings is 2. The number of anilines is 1. The molecule has 1 aliphatic heterocycles. The molecule has 0 aliphatic carbocycles. The Morgan fingerprint density at radius 3 is 2.12 bits per heavy atom. The molecule has 0 spiro atoms. The van der Waals surface area contributed by atoms with E-state index in [0.29, 0.717) is 30.6 Å². The zero-order valence-corrected chi connectivity index (χ0v) is 19.8. The molecule has 174 valence electrons. The Kier molecular flexibility index (Phi) is 7.31. The monoisotopic (exact) mass is 450 g/mol. The molecule has 7 heteroatoms. The van der Waals surface area contributed by atoms with Crippen molar-refractivity contribution in [1.82, 2.24) is 4.90 Å². The number of fused-ring (bicyclic) bond motifs is 1. The molecule has 3 amide bonds. The number of ether oxygens (including phenoxy) is 1. The van der Waals surface area contributed by atoms with Gasteiger partial charge in [-0.1, -0.05) is 45.9 Å². The third kappa shape index (κ3) is 5.30. The summed E-state index contributed by atoms with van der Waals surface area (Å²) in [5.41, 5.74) is 1.79. The number of para-hydroxylation sites is 1. The Labute approximate surface area is 194 Å². The molecule has 3 rings (SSSR count). The molecule has 0 saturated carbocycles. The lowest BCUT2D eigenvalue weighted by molar-refractivity contribution is -0.135. The van der Waals surface area contributed by atoms with Crippen molar-refractivity contribution in [2.75, 3.05) is 24.6 Å². The Bertz CT molecular complexity index is 1080. The summed E-state index contributed by atoms with van der Waals surface area (Å²) in [5, 5.41) is 0. The zero-order valence-electron chi connectivity index (χ0n) is 19.8. The minimum Gasteiger partial charge on any atom is -0.452 e. The van der Waals surface area contributed by atoms with Crippen molar-refractivity contribution >= 4 is 29.4 Å². The Balaban J connectivity index is 1.74. The van der Waals surface area contributed by atoms with Gasteiger partial charge < -0.3 is 9.64 Å². The van der Waals surface area contributed by atoms with E-state index in [-0.39, 0.29) is 29.2 Å². The highest BCUT2D eigenvalue weighted by molar-refractivity contribution is 6.34. The van der Waals surface area contributed by atoms with Gasteiger partial charge in [0.05, 0.1) is 22.4 Å². The average Bonchev–Trinajstić information content (AvgIpc) is 3.00. The number of carbonyl (C=O) groups excluding carboxylic acids is 4. The number of nitrogens with zero attached hydrogens (tertiary/aromatic N) is 2. The van der Waals surface area contributed by atoms with E-state index in [1.54, 1.807) is 17.0 Å². The van der Waals surface area contributed by atoms with E-state index in [4.69, 9.17) is 4.74 Å². The van der Waals surface area contributed by atoms with Crippen LogP contribution >= 0.6 is 0 Å². The molecule has 0 radical (unpaired) electrons. The minimum atomic E-state index is -0.713. The van der Waals surface area contributed by atoms with E-state index in [1.807, 2.05) is 46.8 Å². The fourth-order valence-electron chi connectivity index (χ4n) is 3.86. The molecule has 0 bridgehead atoms. The molecule has 0 N–H and O–H groups in total. The fourth-order valence-corrected chi connectivity index (χ4v) is 3.86. The summed E-state index contributed by atoms with van der Waals surface area (Å²) in [6.45, 7) is 10.7. The highest BCUT2D eigenvalue weighted by atomic mass is 16.5. The van der Waals surface area contributed by atoms with Gasteiger partial charge in [-0.3, -0.25) is 14.4 Å². The molecule has 2 aromatic rings. The first-order valence-corrected chi connectivity index (χ1v) is 11.1. The SMILES string of the molecule is Cc1ccccc1N1C(=O)c2ccc(C(=O)OCC(=O)N(CC(C)C)CC(C)C)cc2C1=O. The molecule has 0 fully saturated rings. The molecule has 0 atom stereocenters. The molecular formula is C26H30N2O5. The standard InChI is InChI=1S/C26H30N2O5/c1-16(2)13-27(14-17(3)4)23(29)15-33-26(32)19-10-11-20-21(12-19)25(31)28(24(20)30)22-9-7-6-8-18(22)5/h6-12,16-17H,13-15H2,1-5H3. The number of hydrogen-bond donors (Lipinski definition) is 0. The number of aryl methyl sites for hydroxylation is 1. The molecule has 33 heavy (non-hydrogen) atoms. The number of esters is 1. The quantitative estimate of drug-likeness (QED) is 0.447. The lowest BCUT2D eigenvalue weighted by atomic mass is 10.1. The van der Waals surface area contributed by atoms with Crippen LogP contribution in [0.4, 0.5) is 5.69 Å². The smallest absolute Gasteiger partial charge is 0.338 e. The topological polar surface area (TPSA) is 84.0 Å². The van der Waals surface area contributed by atoms with Crippen molar-refractivity contribution in [3.05, 3.63) is 64.7 Å². The summed E-state index contributed by atoms with van der Waals surface area (Å²) < 4.78 is 5.25. The third-order valence-corrected chi connectivity index (χ3v) is 5.33.